The molecule has 0 aromatic carbocycles. The van der Waals surface area contributed by atoms with Crippen LogP contribution in [0.15, 0.2) is 11.1 Å². The Labute approximate surface area is 128 Å². The van der Waals surface area contributed by atoms with Gasteiger partial charge in [0.2, 0.25) is 0 Å². The zero-order chi connectivity index (χ0) is 15.8. The van der Waals surface area contributed by atoms with Gasteiger partial charge in [-0.3, -0.25) is 15.0 Å². The third kappa shape index (κ3) is 6.17. The standard InChI is InChI=1S/C13H21N3O4S/c1-9(10(2)12(18)19)11(17)15-13(20)14-3-4-16-5-7-21-8-6-16/h3-8H2,1-2H3,(H,18,19)(H2,14,15,17,20). The molecule has 1 aliphatic rings. The zero-order valence-corrected chi connectivity index (χ0v) is 13.1. The molecule has 0 aromatic rings. The fourth-order valence-electron chi connectivity index (χ4n) is 1.72. The van der Waals surface area contributed by atoms with Crippen molar-refractivity contribution in [2.45, 2.75) is 13.8 Å². The summed E-state index contributed by atoms with van der Waals surface area (Å²) in [6.45, 7) is 5.90. The van der Waals surface area contributed by atoms with Crippen LogP contribution in [0.5, 0.6) is 0 Å². The zero-order valence-electron chi connectivity index (χ0n) is 12.3. The Hall–Kier alpha value is -1.54. The van der Waals surface area contributed by atoms with Crippen LogP contribution in [-0.2, 0) is 9.59 Å². The first-order chi connectivity index (χ1) is 9.91. The van der Waals surface area contributed by atoms with Crippen LogP contribution in [0.25, 0.3) is 0 Å². The highest BCUT2D eigenvalue weighted by atomic mass is 32.2. The number of nitrogens with one attached hydrogen (secondary N) is 2. The molecule has 0 bridgehead atoms. The predicted molar refractivity (Wildman–Crippen MR) is 81.3 cm³/mol. The van der Waals surface area contributed by atoms with Gasteiger partial charge in [-0.1, -0.05) is 0 Å². The molecule has 1 aliphatic heterocycles. The molecule has 1 saturated heterocycles. The largest absolute Gasteiger partial charge is 0.478 e. The Bertz CT molecular complexity index is 445. The highest BCUT2D eigenvalue weighted by Crippen LogP contribution is 2.07. The summed E-state index contributed by atoms with van der Waals surface area (Å²) in [6, 6.07) is -0.607. The first kappa shape index (κ1) is 17.5. The van der Waals surface area contributed by atoms with E-state index >= 15 is 0 Å². The van der Waals surface area contributed by atoms with Crippen molar-refractivity contribution in [2.24, 2.45) is 0 Å². The maximum absolute atomic E-state index is 11.7. The Balaban J connectivity index is 2.31. The summed E-state index contributed by atoms with van der Waals surface area (Å²) in [4.78, 5) is 36.2. The molecule has 0 radical (unpaired) electrons. The van der Waals surface area contributed by atoms with Crippen LogP contribution in [-0.4, -0.2) is 65.6 Å². The molecular weight excluding hydrogens is 294 g/mol. The highest BCUT2D eigenvalue weighted by molar-refractivity contribution is 7.99. The second-order valence-corrected chi connectivity index (χ2v) is 5.94. The van der Waals surface area contributed by atoms with Gasteiger partial charge < -0.3 is 10.4 Å². The van der Waals surface area contributed by atoms with Crippen LogP contribution >= 0.6 is 11.8 Å². The van der Waals surface area contributed by atoms with Crippen molar-refractivity contribution in [3.05, 3.63) is 11.1 Å². The molecule has 3 N–H and O–H groups in total. The molecule has 0 unspecified atom stereocenters. The molecule has 0 aromatic heterocycles. The molecule has 118 valence electrons. The number of carbonyl (C=O) groups is 3. The number of carboxylic acid groups (broad SMARTS) is 1. The van der Waals surface area contributed by atoms with E-state index in [2.05, 4.69) is 15.5 Å². The fourth-order valence-corrected chi connectivity index (χ4v) is 2.70. The predicted octanol–water partition coefficient (Wildman–Crippen LogP) is 0.282. The molecule has 8 heteroatoms. The Morgan fingerprint density at radius 3 is 2.33 bits per heavy atom. The average molecular weight is 315 g/mol. The quantitative estimate of drug-likeness (QED) is 0.630. The highest BCUT2D eigenvalue weighted by Gasteiger charge is 2.15. The molecule has 1 fully saturated rings. The van der Waals surface area contributed by atoms with Gasteiger partial charge in [-0.05, 0) is 13.8 Å². The number of nitrogens with zero attached hydrogens (tertiary/aromatic N) is 1. The molecule has 3 amide bonds. The van der Waals surface area contributed by atoms with Gasteiger partial charge in [-0.15, -0.1) is 0 Å². The van der Waals surface area contributed by atoms with Crippen molar-refractivity contribution in [2.75, 3.05) is 37.7 Å². The number of amides is 3. The summed E-state index contributed by atoms with van der Waals surface area (Å²) in [7, 11) is 0. The molecular formula is C13H21N3O4S. The first-order valence-corrected chi connectivity index (χ1v) is 7.87. The van der Waals surface area contributed by atoms with Crippen molar-refractivity contribution >= 4 is 29.7 Å². The van der Waals surface area contributed by atoms with Crippen molar-refractivity contribution in [3.63, 3.8) is 0 Å². The van der Waals surface area contributed by atoms with Crippen molar-refractivity contribution < 1.29 is 19.5 Å². The van der Waals surface area contributed by atoms with Crippen LogP contribution in [0, 0.1) is 0 Å². The monoisotopic (exact) mass is 315 g/mol. The number of imide groups is 1. The van der Waals surface area contributed by atoms with Gasteiger partial charge in [0.25, 0.3) is 5.91 Å². The Morgan fingerprint density at radius 1 is 1.14 bits per heavy atom. The molecule has 0 saturated carbocycles. The van der Waals surface area contributed by atoms with Crippen molar-refractivity contribution in [1.29, 1.82) is 0 Å². The van der Waals surface area contributed by atoms with Crippen LogP contribution in [0.2, 0.25) is 0 Å². The molecule has 0 spiro atoms. The second-order valence-electron chi connectivity index (χ2n) is 4.72. The maximum Gasteiger partial charge on any atom is 0.331 e. The van der Waals surface area contributed by atoms with Crippen molar-refractivity contribution in [3.8, 4) is 0 Å². The number of rotatable bonds is 5. The molecule has 21 heavy (non-hydrogen) atoms. The van der Waals surface area contributed by atoms with Crippen LogP contribution in [0.4, 0.5) is 4.79 Å². The van der Waals surface area contributed by atoms with Gasteiger partial charge in [-0.2, -0.15) is 11.8 Å². The molecule has 7 nitrogen and oxygen atoms in total. The topological polar surface area (TPSA) is 98.7 Å². The van der Waals surface area contributed by atoms with Gasteiger partial charge in [0, 0.05) is 48.8 Å². The van der Waals surface area contributed by atoms with E-state index < -0.39 is 17.9 Å². The summed E-state index contributed by atoms with van der Waals surface area (Å²) >= 11 is 1.92. The minimum absolute atomic E-state index is 0.0192. The number of urea groups is 1. The van der Waals surface area contributed by atoms with Gasteiger partial charge >= 0.3 is 12.0 Å². The minimum Gasteiger partial charge on any atom is -0.478 e. The number of carbonyl (C=O) groups excluding carboxylic acids is 2. The van der Waals surface area contributed by atoms with Crippen molar-refractivity contribution in [1.82, 2.24) is 15.5 Å². The maximum atomic E-state index is 11.7. The average Bonchev–Trinajstić information content (AvgIpc) is 2.46. The Morgan fingerprint density at radius 2 is 1.76 bits per heavy atom. The van der Waals surface area contributed by atoms with Crippen LogP contribution < -0.4 is 10.6 Å². The van der Waals surface area contributed by atoms with E-state index in [9.17, 15) is 14.4 Å². The summed E-state index contributed by atoms with van der Waals surface area (Å²) in [6.07, 6.45) is 0. The SMILES string of the molecule is CC(C(=O)O)=C(C)C(=O)NC(=O)NCCN1CCSCC1. The third-order valence-electron chi connectivity index (χ3n) is 3.27. The lowest BCUT2D eigenvalue weighted by Gasteiger charge is -2.25. The number of aliphatic carboxylic acids is 1. The fraction of sp³-hybridized carbons (Fsp3) is 0.615. The molecule has 1 heterocycles. The van der Waals surface area contributed by atoms with E-state index in [-0.39, 0.29) is 11.1 Å². The summed E-state index contributed by atoms with van der Waals surface area (Å²) in [5, 5.41) is 13.5. The van der Waals surface area contributed by atoms with E-state index in [4.69, 9.17) is 5.11 Å². The lowest BCUT2D eigenvalue weighted by molar-refractivity contribution is -0.133. The lowest BCUT2D eigenvalue weighted by atomic mass is 10.1. The number of thioether (sulfide) groups is 1. The van der Waals surface area contributed by atoms with Gasteiger partial charge in [0.05, 0.1) is 0 Å². The smallest absolute Gasteiger partial charge is 0.331 e. The number of hydrogen-bond acceptors (Lipinski definition) is 5. The van der Waals surface area contributed by atoms with Gasteiger partial charge in [0.1, 0.15) is 0 Å². The summed E-state index contributed by atoms with van der Waals surface area (Å²) in [5.74, 6) is 0.333. The van der Waals surface area contributed by atoms with Gasteiger partial charge in [-0.25, -0.2) is 9.59 Å². The normalized spacial score (nSPS) is 16.9. The Kier molecular flexibility index (Phi) is 7.24. The number of hydrogen-bond donors (Lipinski definition) is 3. The number of carboxylic acids is 1. The molecule has 0 aliphatic carbocycles. The molecule has 1 rings (SSSR count). The summed E-state index contributed by atoms with van der Waals surface area (Å²) in [5.41, 5.74) is -0.0585. The first-order valence-electron chi connectivity index (χ1n) is 6.72. The third-order valence-corrected chi connectivity index (χ3v) is 4.21. The summed E-state index contributed by atoms with van der Waals surface area (Å²) < 4.78 is 0. The van der Waals surface area contributed by atoms with E-state index in [1.807, 2.05) is 11.8 Å². The van der Waals surface area contributed by atoms with E-state index in [0.29, 0.717) is 6.54 Å². The van der Waals surface area contributed by atoms with E-state index in [0.717, 1.165) is 31.1 Å². The van der Waals surface area contributed by atoms with Crippen LogP contribution in [0.3, 0.4) is 0 Å². The second kappa shape index (κ2) is 8.68. The van der Waals surface area contributed by atoms with E-state index in [1.165, 1.54) is 13.8 Å². The minimum atomic E-state index is -1.17. The van der Waals surface area contributed by atoms with E-state index in [1.54, 1.807) is 0 Å². The lowest BCUT2D eigenvalue weighted by Crippen LogP contribution is -2.44. The van der Waals surface area contributed by atoms with Gasteiger partial charge in [0.15, 0.2) is 0 Å². The van der Waals surface area contributed by atoms with Crippen LogP contribution in [0.1, 0.15) is 13.8 Å². The molecule has 0 atom stereocenters.